The van der Waals surface area contributed by atoms with Crippen LogP contribution in [0.5, 0.6) is 0 Å². The molecule has 1 aliphatic rings. The van der Waals surface area contributed by atoms with Crippen LogP contribution in [0.1, 0.15) is 11.5 Å². The van der Waals surface area contributed by atoms with Crippen LogP contribution in [-0.2, 0) is 0 Å². The van der Waals surface area contributed by atoms with Gasteiger partial charge in [-0.15, -0.1) is 0 Å². The highest BCUT2D eigenvalue weighted by Crippen LogP contribution is 2.25. The van der Waals surface area contributed by atoms with Crippen LogP contribution < -0.4 is 5.32 Å². The highest BCUT2D eigenvalue weighted by atomic mass is 19.1. The zero-order valence-electron chi connectivity index (χ0n) is 14.3. The molecule has 1 N–H and O–H groups in total. The summed E-state index contributed by atoms with van der Waals surface area (Å²) in [5.74, 6) is -0.0214. The van der Waals surface area contributed by atoms with Gasteiger partial charge in [-0.2, -0.15) is 0 Å². The Balaban J connectivity index is 1.83. The summed E-state index contributed by atoms with van der Waals surface area (Å²) < 4.78 is 38.2. The monoisotopic (exact) mass is 366 g/mol. The third-order valence-electron chi connectivity index (χ3n) is 4.10. The lowest BCUT2D eigenvalue weighted by Gasteiger charge is -2.21. The SMILES string of the molecule is Fc1ccc(N=C2/C(=C/c3ccco3)CNC/C2=C\c2ccco2)c(F)c1. The summed E-state index contributed by atoms with van der Waals surface area (Å²) in [6.07, 6.45) is 6.86. The van der Waals surface area contributed by atoms with E-state index in [1.54, 1.807) is 24.7 Å². The molecule has 4 rings (SSSR count). The van der Waals surface area contributed by atoms with Crippen molar-refractivity contribution in [1.29, 1.82) is 0 Å². The van der Waals surface area contributed by atoms with Crippen molar-refractivity contribution < 1.29 is 17.6 Å². The van der Waals surface area contributed by atoms with E-state index in [2.05, 4.69) is 10.3 Å². The maximum Gasteiger partial charge on any atom is 0.151 e. The number of nitrogens with zero attached hydrogens (tertiary/aromatic N) is 1. The minimum atomic E-state index is -0.712. The fourth-order valence-electron chi connectivity index (χ4n) is 2.87. The molecule has 3 aromatic rings. The van der Waals surface area contributed by atoms with Crippen LogP contribution in [0.15, 0.2) is 80.0 Å². The molecule has 2 aromatic heterocycles. The summed E-state index contributed by atoms with van der Waals surface area (Å²) in [4.78, 5) is 4.50. The highest BCUT2D eigenvalue weighted by Gasteiger charge is 2.20. The number of benzene rings is 1. The molecule has 136 valence electrons. The molecular formula is C21H16F2N2O2. The minimum Gasteiger partial charge on any atom is -0.465 e. The molecule has 1 saturated heterocycles. The molecular weight excluding hydrogens is 350 g/mol. The zero-order valence-corrected chi connectivity index (χ0v) is 14.3. The van der Waals surface area contributed by atoms with Crippen LogP contribution in [0, 0.1) is 11.6 Å². The van der Waals surface area contributed by atoms with Gasteiger partial charge >= 0.3 is 0 Å². The van der Waals surface area contributed by atoms with E-state index < -0.39 is 11.6 Å². The van der Waals surface area contributed by atoms with Crippen molar-refractivity contribution in [3.63, 3.8) is 0 Å². The van der Waals surface area contributed by atoms with Gasteiger partial charge in [0.25, 0.3) is 0 Å². The third kappa shape index (κ3) is 3.96. The molecule has 0 amide bonds. The Kier molecular flexibility index (Phi) is 4.80. The first-order valence-electron chi connectivity index (χ1n) is 8.42. The Bertz CT molecular complexity index is 962. The number of halogens is 2. The molecule has 1 aromatic carbocycles. The van der Waals surface area contributed by atoms with Crippen molar-refractivity contribution in [2.24, 2.45) is 4.99 Å². The molecule has 27 heavy (non-hydrogen) atoms. The predicted octanol–water partition coefficient (Wildman–Crippen LogP) is 4.99. The van der Waals surface area contributed by atoms with Gasteiger partial charge in [-0.1, -0.05) is 0 Å². The van der Waals surface area contributed by atoms with Crippen LogP contribution in [0.4, 0.5) is 14.5 Å². The number of furan rings is 2. The van der Waals surface area contributed by atoms with Gasteiger partial charge in [0, 0.05) is 19.2 Å². The Morgan fingerprint density at radius 1 is 0.889 bits per heavy atom. The molecule has 6 heteroatoms. The maximum atomic E-state index is 14.2. The quantitative estimate of drug-likeness (QED) is 0.710. The topological polar surface area (TPSA) is 50.7 Å². The lowest BCUT2D eigenvalue weighted by atomic mass is 9.96. The second kappa shape index (κ2) is 7.55. The van der Waals surface area contributed by atoms with Gasteiger partial charge in [-0.3, -0.25) is 0 Å². The molecule has 0 atom stereocenters. The van der Waals surface area contributed by atoms with Gasteiger partial charge in [0.05, 0.1) is 23.9 Å². The molecule has 0 bridgehead atoms. The van der Waals surface area contributed by atoms with Crippen LogP contribution in [-0.4, -0.2) is 18.8 Å². The second-order valence-corrected chi connectivity index (χ2v) is 6.03. The van der Waals surface area contributed by atoms with Gasteiger partial charge < -0.3 is 14.2 Å². The van der Waals surface area contributed by atoms with Gasteiger partial charge in [0.1, 0.15) is 17.3 Å². The summed E-state index contributed by atoms with van der Waals surface area (Å²) in [7, 11) is 0. The van der Waals surface area contributed by atoms with Crippen LogP contribution in [0.3, 0.4) is 0 Å². The average Bonchev–Trinajstić information content (AvgIpc) is 3.33. The van der Waals surface area contributed by atoms with Crippen molar-refractivity contribution in [2.75, 3.05) is 13.1 Å². The van der Waals surface area contributed by atoms with Crippen LogP contribution in [0.2, 0.25) is 0 Å². The predicted molar refractivity (Wildman–Crippen MR) is 99.7 cm³/mol. The number of piperidine rings is 1. The van der Waals surface area contributed by atoms with Crippen molar-refractivity contribution in [3.05, 3.63) is 89.3 Å². The Morgan fingerprint density at radius 2 is 1.52 bits per heavy atom. The highest BCUT2D eigenvalue weighted by molar-refractivity contribution is 6.18. The Labute approximate surface area is 154 Å². The summed E-state index contributed by atoms with van der Waals surface area (Å²) in [6.45, 7) is 1.08. The molecule has 3 heterocycles. The van der Waals surface area contributed by atoms with E-state index in [1.165, 1.54) is 12.1 Å². The lowest BCUT2D eigenvalue weighted by molar-refractivity contribution is 0.556. The van der Waals surface area contributed by atoms with Crippen molar-refractivity contribution >= 4 is 23.6 Å². The van der Waals surface area contributed by atoms with E-state index in [4.69, 9.17) is 8.83 Å². The molecule has 0 radical (unpaired) electrons. The largest absolute Gasteiger partial charge is 0.465 e. The molecule has 4 nitrogen and oxygen atoms in total. The molecule has 0 spiro atoms. The minimum absolute atomic E-state index is 0.0731. The van der Waals surface area contributed by atoms with E-state index >= 15 is 0 Å². The van der Waals surface area contributed by atoms with E-state index in [0.29, 0.717) is 30.3 Å². The summed E-state index contributed by atoms with van der Waals surface area (Å²) in [5.41, 5.74) is 2.34. The number of hydrogen-bond acceptors (Lipinski definition) is 4. The van der Waals surface area contributed by atoms with Gasteiger partial charge in [-0.25, -0.2) is 13.8 Å². The molecule has 0 saturated carbocycles. The smallest absolute Gasteiger partial charge is 0.151 e. The maximum absolute atomic E-state index is 14.2. The number of hydrogen-bond donors (Lipinski definition) is 1. The Morgan fingerprint density at radius 3 is 2.04 bits per heavy atom. The van der Waals surface area contributed by atoms with E-state index in [1.807, 2.05) is 24.3 Å². The molecule has 1 fully saturated rings. The van der Waals surface area contributed by atoms with Crippen LogP contribution in [0.25, 0.3) is 12.2 Å². The fraction of sp³-hybridized carbons (Fsp3) is 0.0952. The first kappa shape index (κ1) is 17.2. The number of aliphatic imine (C=N–C) groups is 1. The van der Waals surface area contributed by atoms with Crippen molar-refractivity contribution in [3.8, 4) is 0 Å². The zero-order chi connectivity index (χ0) is 18.6. The third-order valence-corrected chi connectivity index (χ3v) is 4.10. The molecule has 1 aliphatic heterocycles. The van der Waals surface area contributed by atoms with Crippen molar-refractivity contribution in [2.45, 2.75) is 0 Å². The van der Waals surface area contributed by atoms with Gasteiger partial charge in [-0.05, 0) is 59.7 Å². The van der Waals surface area contributed by atoms with Crippen molar-refractivity contribution in [1.82, 2.24) is 5.32 Å². The van der Waals surface area contributed by atoms with E-state index in [-0.39, 0.29) is 5.69 Å². The lowest BCUT2D eigenvalue weighted by Crippen LogP contribution is -2.33. The Hall–Kier alpha value is -3.25. The second-order valence-electron chi connectivity index (χ2n) is 6.03. The standard InChI is InChI=1S/C21H16F2N2O2/c22-16-5-6-20(19(23)11-16)25-21-14(9-17-3-1-7-26-17)12-24-13-15(21)10-18-4-2-8-27-18/h1-11,24H,12-13H2/b14-9+,15-10+. The molecule has 0 aliphatic carbocycles. The first-order valence-corrected chi connectivity index (χ1v) is 8.42. The van der Waals surface area contributed by atoms with Gasteiger partial charge in [0.2, 0.25) is 0 Å². The van der Waals surface area contributed by atoms with E-state index in [9.17, 15) is 8.78 Å². The summed E-state index contributed by atoms with van der Waals surface area (Å²) >= 11 is 0. The van der Waals surface area contributed by atoms with Crippen LogP contribution >= 0.6 is 0 Å². The number of nitrogens with one attached hydrogen (secondary N) is 1. The normalized spacial score (nSPS) is 17.6. The van der Waals surface area contributed by atoms with Gasteiger partial charge in [0.15, 0.2) is 5.82 Å². The first-order chi connectivity index (χ1) is 13.2. The summed E-state index contributed by atoms with van der Waals surface area (Å²) in [5, 5.41) is 3.29. The fourth-order valence-corrected chi connectivity index (χ4v) is 2.87. The average molecular weight is 366 g/mol. The van der Waals surface area contributed by atoms with E-state index in [0.717, 1.165) is 17.2 Å². The molecule has 0 unspecified atom stereocenters. The number of rotatable bonds is 3. The summed E-state index contributed by atoms with van der Waals surface area (Å²) in [6, 6.07) is 10.6.